The quantitative estimate of drug-likeness (QED) is 0.288. The Bertz CT molecular complexity index is 141. The van der Waals surface area contributed by atoms with Crippen LogP contribution in [0.1, 0.15) is 13.3 Å². The molecule has 0 aliphatic rings. The van der Waals surface area contributed by atoms with Crippen LogP contribution in [0.2, 0.25) is 0 Å². The third-order valence-electron chi connectivity index (χ3n) is 1.14. The van der Waals surface area contributed by atoms with Gasteiger partial charge in [0.1, 0.15) is 6.10 Å². The van der Waals surface area contributed by atoms with Crippen LogP contribution in [-0.4, -0.2) is 24.4 Å². The van der Waals surface area contributed by atoms with Gasteiger partial charge in [-0.2, -0.15) is 0 Å². The zero-order chi connectivity index (χ0) is 8.69. The number of hydrogen-bond acceptors (Lipinski definition) is 4. The van der Waals surface area contributed by atoms with Gasteiger partial charge in [0.15, 0.2) is 0 Å². The van der Waals surface area contributed by atoms with Crippen molar-refractivity contribution in [2.45, 2.75) is 19.4 Å². The van der Waals surface area contributed by atoms with E-state index in [0.29, 0.717) is 0 Å². The summed E-state index contributed by atoms with van der Waals surface area (Å²) in [5.74, 6) is -0.415. The number of allylic oxidation sites excluding steroid dienone is 1. The van der Waals surface area contributed by atoms with Crippen LogP contribution in [0.5, 0.6) is 0 Å². The van der Waals surface area contributed by atoms with Crippen LogP contribution >= 0.6 is 0 Å². The van der Waals surface area contributed by atoms with Crippen LogP contribution in [0.25, 0.3) is 0 Å². The molecule has 0 heterocycles. The maximum Gasteiger partial charge on any atom is 0.308 e. The van der Waals surface area contributed by atoms with Crippen molar-refractivity contribution >= 4 is 5.97 Å². The van der Waals surface area contributed by atoms with Crippen LogP contribution in [-0.2, 0) is 14.4 Å². The highest BCUT2D eigenvalue weighted by molar-refractivity contribution is 5.70. The number of hydrogen-bond donors (Lipinski definition) is 1. The summed E-state index contributed by atoms with van der Waals surface area (Å²) >= 11 is 0. The Balaban J connectivity index is 3.77. The van der Waals surface area contributed by atoms with Crippen molar-refractivity contribution in [3.63, 3.8) is 0 Å². The van der Waals surface area contributed by atoms with Gasteiger partial charge in [-0.1, -0.05) is 12.2 Å². The molecule has 0 aromatic carbocycles. The summed E-state index contributed by atoms with van der Waals surface area (Å²) in [6.45, 7) is 1.77. The maximum atomic E-state index is 10.6. The lowest BCUT2D eigenvalue weighted by Crippen LogP contribution is -2.14. The molecule has 0 fully saturated rings. The van der Waals surface area contributed by atoms with Gasteiger partial charge in [-0.15, -0.1) is 0 Å². The zero-order valence-electron chi connectivity index (χ0n) is 6.61. The summed E-state index contributed by atoms with van der Waals surface area (Å²) in [7, 11) is 1.28. The van der Waals surface area contributed by atoms with E-state index in [4.69, 9.17) is 5.26 Å². The Morgan fingerprint density at radius 2 is 2.36 bits per heavy atom. The second-order valence-corrected chi connectivity index (χ2v) is 1.95. The van der Waals surface area contributed by atoms with E-state index in [2.05, 4.69) is 9.62 Å². The zero-order valence-corrected chi connectivity index (χ0v) is 6.61. The predicted molar refractivity (Wildman–Crippen MR) is 38.9 cm³/mol. The molecule has 1 atom stereocenters. The molecule has 0 rings (SSSR count). The standard InChI is InChI=1S/C7H12O4/c1-3-4-6(11-9)5-7(8)10-2/h3-4,6,9H,5H2,1-2H3/b4-3+. The molecule has 0 spiro atoms. The number of ether oxygens (including phenoxy) is 1. The van der Waals surface area contributed by atoms with Crippen LogP contribution in [0.3, 0.4) is 0 Å². The molecule has 64 valence electrons. The van der Waals surface area contributed by atoms with Gasteiger partial charge in [0.2, 0.25) is 0 Å². The van der Waals surface area contributed by atoms with Gasteiger partial charge in [0, 0.05) is 0 Å². The van der Waals surface area contributed by atoms with Gasteiger partial charge < -0.3 is 4.74 Å². The average Bonchev–Trinajstić information content (AvgIpc) is 2.03. The second-order valence-electron chi connectivity index (χ2n) is 1.95. The van der Waals surface area contributed by atoms with Crippen molar-refractivity contribution in [1.82, 2.24) is 0 Å². The van der Waals surface area contributed by atoms with Crippen molar-refractivity contribution < 1.29 is 19.7 Å². The fourth-order valence-corrected chi connectivity index (χ4v) is 0.603. The molecule has 0 aliphatic carbocycles. The Morgan fingerprint density at radius 3 is 2.73 bits per heavy atom. The topological polar surface area (TPSA) is 55.8 Å². The molecular formula is C7H12O4. The fourth-order valence-electron chi connectivity index (χ4n) is 0.603. The first-order valence-corrected chi connectivity index (χ1v) is 3.24. The third kappa shape index (κ3) is 4.52. The van der Waals surface area contributed by atoms with Gasteiger partial charge in [-0.25, -0.2) is 4.89 Å². The van der Waals surface area contributed by atoms with E-state index in [1.54, 1.807) is 19.1 Å². The summed E-state index contributed by atoms with van der Waals surface area (Å²) < 4.78 is 4.36. The highest BCUT2D eigenvalue weighted by atomic mass is 17.1. The molecule has 0 saturated carbocycles. The molecule has 0 aromatic rings. The smallest absolute Gasteiger partial charge is 0.308 e. The van der Waals surface area contributed by atoms with E-state index in [0.717, 1.165) is 0 Å². The summed E-state index contributed by atoms with van der Waals surface area (Å²) in [6, 6.07) is 0. The first-order valence-electron chi connectivity index (χ1n) is 3.24. The van der Waals surface area contributed by atoms with Crippen LogP contribution in [0.4, 0.5) is 0 Å². The Kier molecular flexibility index (Phi) is 5.42. The van der Waals surface area contributed by atoms with Crippen molar-refractivity contribution in [1.29, 1.82) is 0 Å². The van der Waals surface area contributed by atoms with E-state index in [-0.39, 0.29) is 6.42 Å². The molecule has 11 heavy (non-hydrogen) atoms. The summed E-state index contributed by atoms with van der Waals surface area (Å²) in [6.07, 6.45) is 2.67. The molecule has 1 unspecified atom stereocenters. The largest absolute Gasteiger partial charge is 0.469 e. The minimum atomic E-state index is -0.604. The van der Waals surface area contributed by atoms with Crippen molar-refractivity contribution in [3.8, 4) is 0 Å². The van der Waals surface area contributed by atoms with Gasteiger partial charge >= 0.3 is 5.97 Å². The highest BCUT2D eigenvalue weighted by Crippen LogP contribution is 1.99. The van der Waals surface area contributed by atoms with Crippen LogP contribution < -0.4 is 0 Å². The summed E-state index contributed by atoms with van der Waals surface area (Å²) in [5, 5.41) is 8.24. The van der Waals surface area contributed by atoms with Gasteiger partial charge in [-0.3, -0.25) is 10.1 Å². The van der Waals surface area contributed by atoms with E-state index in [1.165, 1.54) is 7.11 Å². The lowest BCUT2D eigenvalue weighted by molar-refractivity contribution is -0.266. The van der Waals surface area contributed by atoms with Gasteiger partial charge in [0.05, 0.1) is 13.5 Å². The maximum absolute atomic E-state index is 10.6. The molecule has 0 amide bonds. The molecule has 0 radical (unpaired) electrons. The van der Waals surface area contributed by atoms with E-state index in [9.17, 15) is 4.79 Å². The monoisotopic (exact) mass is 160 g/mol. The Morgan fingerprint density at radius 1 is 1.73 bits per heavy atom. The molecule has 4 nitrogen and oxygen atoms in total. The number of rotatable bonds is 4. The molecular weight excluding hydrogens is 148 g/mol. The number of esters is 1. The lowest BCUT2D eigenvalue weighted by atomic mass is 10.2. The number of methoxy groups -OCH3 is 1. The highest BCUT2D eigenvalue weighted by Gasteiger charge is 2.10. The van der Waals surface area contributed by atoms with Crippen molar-refractivity contribution in [2.24, 2.45) is 0 Å². The SMILES string of the molecule is C/C=C/C(CC(=O)OC)OO. The third-order valence-corrected chi connectivity index (χ3v) is 1.14. The summed E-state index contributed by atoms with van der Waals surface area (Å²) in [4.78, 5) is 14.6. The molecule has 0 aromatic heterocycles. The van der Waals surface area contributed by atoms with Crippen molar-refractivity contribution in [3.05, 3.63) is 12.2 Å². The molecule has 0 saturated heterocycles. The minimum absolute atomic E-state index is 0.0251. The Labute approximate surface area is 65.4 Å². The fraction of sp³-hybridized carbons (Fsp3) is 0.571. The first-order chi connectivity index (χ1) is 5.24. The average molecular weight is 160 g/mol. The van der Waals surface area contributed by atoms with Crippen molar-refractivity contribution in [2.75, 3.05) is 7.11 Å². The molecule has 1 N–H and O–H groups in total. The van der Waals surface area contributed by atoms with Crippen LogP contribution in [0, 0.1) is 0 Å². The molecule has 0 bridgehead atoms. The lowest BCUT2D eigenvalue weighted by Gasteiger charge is -2.05. The second kappa shape index (κ2) is 5.88. The number of carbonyl (C=O) groups is 1. The first kappa shape index (κ1) is 10.1. The number of carbonyl (C=O) groups excluding carboxylic acids is 1. The van der Waals surface area contributed by atoms with Crippen LogP contribution in [0.15, 0.2) is 12.2 Å². The molecule has 0 aliphatic heterocycles. The van der Waals surface area contributed by atoms with Gasteiger partial charge in [0.25, 0.3) is 0 Å². The normalized spacial score (nSPS) is 13.4. The van der Waals surface area contributed by atoms with E-state index < -0.39 is 12.1 Å². The minimum Gasteiger partial charge on any atom is -0.469 e. The predicted octanol–water partition coefficient (Wildman–Crippen LogP) is 0.984. The van der Waals surface area contributed by atoms with E-state index >= 15 is 0 Å². The summed E-state index contributed by atoms with van der Waals surface area (Å²) in [5.41, 5.74) is 0. The van der Waals surface area contributed by atoms with Gasteiger partial charge in [-0.05, 0) is 6.92 Å². The Hall–Kier alpha value is -0.870. The van der Waals surface area contributed by atoms with E-state index in [1.807, 2.05) is 0 Å². The molecule has 4 heteroatoms.